The molecular weight excluding hydrogens is 256 g/mol. The van der Waals surface area contributed by atoms with Gasteiger partial charge in [-0.3, -0.25) is 0 Å². The van der Waals surface area contributed by atoms with Crippen LogP contribution in [-0.4, -0.2) is 5.75 Å². The van der Waals surface area contributed by atoms with Crippen LogP contribution in [0.3, 0.4) is 0 Å². The van der Waals surface area contributed by atoms with Gasteiger partial charge in [-0.25, -0.2) is 0 Å². The molecule has 0 bridgehead atoms. The minimum absolute atomic E-state index is 1.27. The van der Waals surface area contributed by atoms with Crippen molar-refractivity contribution in [3.05, 3.63) is 0 Å². The highest BCUT2D eigenvalue weighted by Crippen LogP contribution is 2.15. The molecule has 2 heteroatoms. The van der Waals surface area contributed by atoms with E-state index < -0.39 is 0 Å². The zero-order chi connectivity index (χ0) is 10.5. The molecule has 0 radical (unpaired) electrons. The molecular formula is C12H25BrS. The predicted octanol–water partition coefficient (Wildman–Crippen LogP) is 5.95. The Labute approximate surface area is 102 Å². The van der Waals surface area contributed by atoms with Crippen LogP contribution < -0.4 is 0 Å². The van der Waals surface area contributed by atoms with Gasteiger partial charge in [0.05, 0.1) is 0 Å². The molecule has 0 aliphatic rings. The van der Waals surface area contributed by atoms with Gasteiger partial charge in [0.2, 0.25) is 0 Å². The monoisotopic (exact) mass is 280 g/mol. The van der Waals surface area contributed by atoms with Crippen molar-refractivity contribution in [2.24, 2.45) is 0 Å². The van der Waals surface area contributed by atoms with Crippen LogP contribution in [0.4, 0.5) is 0 Å². The summed E-state index contributed by atoms with van der Waals surface area (Å²) in [7, 11) is 1.79. The second-order valence-corrected chi connectivity index (χ2v) is 6.00. The van der Waals surface area contributed by atoms with Gasteiger partial charge in [-0.15, -0.1) is 0 Å². The van der Waals surface area contributed by atoms with E-state index in [9.17, 15) is 0 Å². The van der Waals surface area contributed by atoms with Gasteiger partial charge in [0.25, 0.3) is 0 Å². The Kier molecular flexibility index (Phi) is 14.6. The Hall–Kier alpha value is 0.830. The van der Waals surface area contributed by atoms with Gasteiger partial charge >= 0.3 is 0 Å². The highest BCUT2D eigenvalue weighted by molar-refractivity contribution is 9.50. The zero-order valence-electron chi connectivity index (χ0n) is 9.56. The average Bonchev–Trinajstić information content (AvgIpc) is 2.21. The van der Waals surface area contributed by atoms with Crippen LogP contribution in [0.25, 0.3) is 0 Å². The summed E-state index contributed by atoms with van der Waals surface area (Å²) >= 11 is 3.38. The van der Waals surface area contributed by atoms with Crippen molar-refractivity contribution in [2.75, 3.05) is 5.75 Å². The van der Waals surface area contributed by atoms with Crippen molar-refractivity contribution in [1.29, 1.82) is 0 Å². The van der Waals surface area contributed by atoms with Crippen molar-refractivity contribution in [3.8, 4) is 0 Å². The fraction of sp³-hybridized carbons (Fsp3) is 1.00. The maximum Gasteiger partial charge on any atom is 0.00425 e. The van der Waals surface area contributed by atoms with E-state index in [2.05, 4.69) is 21.7 Å². The van der Waals surface area contributed by atoms with Crippen molar-refractivity contribution in [1.82, 2.24) is 0 Å². The predicted molar refractivity (Wildman–Crippen MR) is 73.2 cm³/mol. The Balaban J connectivity index is 2.78. The average molecular weight is 281 g/mol. The van der Waals surface area contributed by atoms with Crippen LogP contribution in [0, 0.1) is 0 Å². The minimum Gasteiger partial charge on any atom is -0.0836 e. The summed E-state index contributed by atoms with van der Waals surface area (Å²) in [6.45, 7) is 2.28. The van der Waals surface area contributed by atoms with E-state index in [0.29, 0.717) is 0 Å². The van der Waals surface area contributed by atoms with E-state index in [1.807, 2.05) is 0 Å². The number of rotatable bonds is 11. The maximum atomic E-state index is 3.38. The maximum absolute atomic E-state index is 3.38. The summed E-state index contributed by atoms with van der Waals surface area (Å²) in [6, 6.07) is 0. The van der Waals surface area contributed by atoms with Crippen LogP contribution in [0.15, 0.2) is 0 Å². The first-order chi connectivity index (χ1) is 6.91. The highest BCUT2D eigenvalue weighted by Gasteiger charge is 1.92. The zero-order valence-corrected chi connectivity index (χ0v) is 12.0. The van der Waals surface area contributed by atoms with Crippen LogP contribution in [-0.2, 0) is 0 Å². The molecule has 0 saturated heterocycles. The molecule has 0 rings (SSSR count). The van der Waals surface area contributed by atoms with E-state index in [0.717, 1.165) is 0 Å². The molecule has 0 aromatic rings. The lowest BCUT2D eigenvalue weighted by Gasteiger charge is -2.01. The van der Waals surface area contributed by atoms with Crippen LogP contribution >= 0.6 is 25.0 Å². The normalized spacial score (nSPS) is 10.7. The quantitative estimate of drug-likeness (QED) is 0.422. The molecule has 0 heterocycles. The summed E-state index contributed by atoms with van der Waals surface area (Å²) in [6.07, 6.45) is 14.4. The van der Waals surface area contributed by atoms with Crippen LogP contribution in [0.5, 0.6) is 0 Å². The molecule has 0 N–H and O–H groups in total. The summed E-state index contributed by atoms with van der Waals surface area (Å²) in [5, 5.41) is 0. The molecule has 0 amide bonds. The minimum atomic E-state index is 1.27. The first-order valence-corrected chi connectivity index (χ1v) is 8.98. The topological polar surface area (TPSA) is 0 Å². The lowest BCUT2D eigenvalue weighted by Crippen LogP contribution is -1.82. The molecule has 0 unspecified atom stereocenters. The molecule has 0 spiro atoms. The summed E-state index contributed by atoms with van der Waals surface area (Å²) in [4.78, 5) is 0. The smallest absolute Gasteiger partial charge is 0.00425 e. The number of unbranched alkanes of at least 4 members (excludes halogenated alkanes) is 9. The standard InChI is InChI=1S/C12H25BrS/c1-2-3-4-5-6-7-8-9-10-11-12-14-13/h2-12H2,1H3. The molecule has 0 atom stereocenters. The number of hydrogen-bond donors (Lipinski definition) is 0. The molecule has 0 aliphatic carbocycles. The summed E-state index contributed by atoms with van der Waals surface area (Å²) in [5.41, 5.74) is 0. The first-order valence-electron chi connectivity index (χ1n) is 6.15. The molecule has 0 fully saturated rings. The lowest BCUT2D eigenvalue weighted by atomic mass is 10.1. The Bertz CT molecular complexity index is 84.3. The Morgan fingerprint density at radius 3 is 1.57 bits per heavy atom. The molecule has 0 nitrogen and oxygen atoms in total. The van der Waals surface area contributed by atoms with E-state index in [1.165, 1.54) is 70.0 Å². The van der Waals surface area contributed by atoms with E-state index >= 15 is 0 Å². The van der Waals surface area contributed by atoms with Crippen LogP contribution in [0.1, 0.15) is 71.1 Å². The third-order valence-corrected chi connectivity index (χ3v) is 3.99. The highest BCUT2D eigenvalue weighted by atomic mass is 79.9. The Morgan fingerprint density at radius 1 is 0.714 bits per heavy atom. The molecule has 0 saturated carbocycles. The fourth-order valence-electron chi connectivity index (χ4n) is 1.64. The number of hydrogen-bond acceptors (Lipinski definition) is 1. The lowest BCUT2D eigenvalue weighted by molar-refractivity contribution is 0.563. The third-order valence-electron chi connectivity index (χ3n) is 2.58. The van der Waals surface area contributed by atoms with E-state index in [4.69, 9.17) is 0 Å². The van der Waals surface area contributed by atoms with Gasteiger partial charge in [-0.05, 0) is 21.2 Å². The summed E-state index contributed by atoms with van der Waals surface area (Å²) in [5.74, 6) is 1.27. The fourth-order valence-corrected chi connectivity index (χ4v) is 2.64. The van der Waals surface area contributed by atoms with Crippen molar-refractivity contribution in [3.63, 3.8) is 0 Å². The molecule has 0 aromatic heterocycles. The van der Waals surface area contributed by atoms with Gasteiger partial charge in [0.15, 0.2) is 0 Å². The largest absolute Gasteiger partial charge is 0.0836 e. The SMILES string of the molecule is CCCCCCCCCCCCSBr. The Morgan fingerprint density at radius 2 is 1.14 bits per heavy atom. The molecule has 0 aliphatic heterocycles. The second-order valence-electron chi connectivity index (χ2n) is 4.00. The van der Waals surface area contributed by atoms with Gasteiger partial charge < -0.3 is 0 Å². The first kappa shape index (κ1) is 14.8. The van der Waals surface area contributed by atoms with Crippen molar-refractivity contribution < 1.29 is 0 Å². The number of halogens is 1. The summed E-state index contributed by atoms with van der Waals surface area (Å²) < 4.78 is 0. The van der Waals surface area contributed by atoms with Crippen molar-refractivity contribution in [2.45, 2.75) is 71.1 Å². The van der Waals surface area contributed by atoms with Gasteiger partial charge in [-0.2, -0.15) is 0 Å². The van der Waals surface area contributed by atoms with Crippen LogP contribution in [0.2, 0.25) is 0 Å². The van der Waals surface area contributed by atoms with Gasteiger partial charge in [-0.1, -0.05) is 74.9 Å². The van der Waals surface area contributed by atoms with Gasteiger partial charge in [0.1, 0.15) is 0 Å². The van der Waals surface area contributed by atoms with Crippen molar-refractivity contribution >= 4 is 25.0 Å². The molecule has 0 aromatic carbocycles. The van der Waals surface area contributed by atoms with E-state index in [-0.39, 0.29) is 0 Å². The molecule has 86 valence electrons. The van der Waals surface area contributed by atoms with E-state index in [1.54, 1.807) is 10.2 Å². The third kappa shape index (κ3) is 12.8. The van der Waals surface area contributed by atoms with Gasteiger partial charge in [0, 0.05) is 5.75 Å². The second kappa shape index (κ2) is 13.8. The molecule has 14 heavy (non-hydrogen) atoms.